The van der Waals surface area contributed by atoms with Gasteiger partial charge in [-0.25, -0.2) is 0 Å². The summed E-state index contributed by atoms with van der Waals surface area (Å²) in [6.45, 7) is 6.03. The zero-order valence-electron chi connectivity index (χ0n) is 11.1. The van der Waals surface area contributed by atoms with Gasteiger partial charge in [-0.3, -0.25) is 0 Å². The Hall–Kier alpha value is -1.80. The molecule has 2 aromatic carbocycles. The highest BCUT2D eigenvalue weighted by atomic mass is 16.3. The lowest BCUT2D eigenvalue weighted by Gasteiger charge is -2.16. The molecule has 0 amide bonds. The second kappa shape index (κ2) is 4.83. The topological polar surface area (TPSA) is 46.2 Å². The summed E-state index contributed by atoms with van der Waals surface area (Å²) in [4.78, 5) is 0. The Morgan fingerprint density at radius 3 is 2.28 bits per heavy atom. The number of nitrogens with two attached hydrogens (primary N) is 1. The van der Waals surface area contributed by atoms with Crippen LogP contribution in [0, 0.1) is 20.8 Å². The van der Waals surface area contributed by atoms with Crippen LogP contribution >= 0.6 is 0 Å². The Kier molecular flexibility index (Phi) is 3.39. The maximum Gasteiger partial charge on any atom is 0.104 e. The molecule has 2 rings (SSSR count). The Bertz CT molecular complexity index is 575. The zero-order valence-corrected chi connectivity index (χ0v) is 11.1. The maximum absolute atomic E-state index is 10.4. The molecule has 0 aliphatic rings. The van der Waals surface area contributed by atoms with Gasteiger partial charge in [0.1, 0.15) is 6.10 Å². The molecular formula is C16H19NO. The quantitative estimate of drug-likeness (QED) is 0.793. The lowest BCUT2D eigenvalue weighted by molar-refractivity contribution is 0.219. The number of nitrogen functional groups attached to an aromatic ring is 1. The van der Waals surface area contributed by atoms with E-state index in [9.17, 15) is 5.11 Å². The average molecular weight is 241 g/mol. The monoisotopic (exact) mass is 241 g/mol. The summed E-state index contributed by atoms with van der Waals surface area (Å²) >= 11 is 0. The van der Waals surface area contributed by atoms with Crippen molar-refractivity contribution >= 4 is 5.69 Å². The Balaban J connectivity index is 2.41. The molecule has 0 aliphatic carbocycles. The van der Waals surface area contributed by atoms with E-state index in [1.165, 1.54) is 5.56 Å². The Labute approximate surface area is 108 Å². The second-order valence-corrected chi connectivity index (χ2v) is 4.88. The molecule has 18 heavy (non-hydrogen) atoms. The molecule has 1 atom stereocenters. The molecule has 0 fully saturated rings. The predicted molar refractivity (Wildman–Crippen MR) is 75.6 cm³/mol. The lowest BCUT2D eigenvalue weighted by atomic mass is 9.95. The van der Waals surface area contributed by atoms with E-state index < -0.39 is 6.10 Å². The van der Waals surface area contributed by atoms with Crippen LogP contribution in [-0.2, 0) is 0 Å². The largest absolute Gasteiger partial charge is 0.399 e. The van der Waals surface area contributed by atoms with Crippen LogP contribution in [0.3, 0.4) is 0 Å². The number of hydrogen-bond acceptors (Lipinski definition) is 2. The van der Waals surface area contributed by atoms with E-state index in [-0.39, 0.29) is 0 Å². The van der Waals surface area contributed by atoms with Crippen LogP contribution in [0.25, 0.3) is 0 Å². The van der Waals surface area contributed by atoms with Crippen LogP contribution in [0.4, 0.5) is 5.69 Å². The predicted octanol–water partition coefficient (Wildman–Crippen LogP) is 3.28. The first-order chi connectivity index (χ1) is 8.49. The molecule has 3 N–H and O–H groups in total. The van der Waals surface area contributed by atoms with Gasteiger partial charge in [-0.1, -0.05) is 35.9 Å². The fraction of sp³-hybridized carbons (Fsp3) is 0.250. The third-order valence-corrected chi connectivity index (χ3v) is 3.33. The number of anilines is 1. The summed E-state index contributed by atoms with van der Waals surface area (Å²) in [6, 6.07) is 11.8. The van der Waals surface area contributed by atoms with Gasteiger partial charge in [0.2, 0.25) is 0 Å². The van der Waals surface area contributed by atoms with Gasteiger partial charge in [0.25, 0.3) is 0 Å². The molecule has 0 aromatic heterocycles. The standard InChI is InChI=1S/C16H19NO/c1-10-4-6-14(11(2)8-10)16(18)13-5-7-15(17)12(3)9-13/h4-9,16,18H,17H2,1-3H3/t16-/m0/s1. The number of hydrogen-bond donors (Lipinski definition) is 2. The van der Waals surface area contributed by atoms with Crippen LogP contribution < -0.4 is 5.73 Å². The van der Waals surface area contributed by atoms with Gasteiger partial charge < -0.3 is 10.8 Å². The molecule has 0 radical (unpaired) electrons. The third-order valence-electron chi connectivity index (χ3n) is 3.33. The van der Waals surface area contributed by atoms with Crippen LogP contribution in [0.2, 0.25) is 0 Å². The number of benzene rings is 2. The minimum atomic E-state index is -0.593. The van der Waals surface area contributed by atoms with Crippen molar-refractivity contribution < 1.29 is 5.11 Å². The minimum absolute atomic E-state index is 0.593. The number of aliphatic hydroxyl groups is 1. The number of aryl methyl sites for hydroxylation is 3. The summed E-state index contributed by atoms with van der Waals surface area (Å²) < 4.78 is 0. The molecule has 0 unspecified atom stereocenters. The maximum atomic E-state index is 10.4. The molecule has 2 heteroatoms. The van der Waals surface area contributed by atoms with Crippen molar-refractivity contribution in [3.05, 3.63) is 64.2 Å². The first-order valence-corrected chi connectivity index (χ1v) is 6.10. The van der Waals surface area contributed by atoms with E-state index in [1.807, 2.05) is 44.2 Å². The normalized spacial score (nSPS) is 12.4. The third kappa shape index (κ3) is 2.39. The molecule has 94 valence electrons. The zero-order chi connectivity index (χ0) is 13.3. The molecule has 0 spiro atoms. The highest BCUT2D eigenvalue weighted by Crippen LogP contribution is 2.27. The molecular weight excluding hydrogens is 222 g/mol. The highest BCUT2D eigenvalue weighted by molar-refractivity contribution is 5.49. The van der Waals surface area contributed by atoms with Crippen molar-refractivity contribution in [2.45, 2.75) is 26.9 Å². The van der Waals surface area contributed by atoms with Gasteiger partial charge in [0.05, 0.1) is 0 Å². The fourth-order valence-electron chi connectivity index (χ4n) is 2.18. The van der Waals surface area contributed by atoms with Gasteiger partial charge in [-0.05, 0) is 49.1 Å². The SMILES string of the molecule is Cc1ccc([C@@H](O)c2ccc(N)c(C)c2)c(C)c1. The van der Waals surface area contributed by atoms with Gasteiger partial charge in [-0.15, -0.1) is 0 Å². The highest BCUT2D eigenvalue weighted by Gasteiger charge is 2.13. The van der Waals surface area contributed by atoms with Gasteiger partial charge >= 0.3 is 0 Å². The smallest absolute Gasteiger partial charge is 0.104 e. The van der Waals surface area contributed by atoms with E-state index in [0.717, 1.165) is 27.9 Å². The van der Waals surface area contributed by atoms with Crippen molar-refractivity contribution in [1.82, 2.24) is 0 Å². The molecule has 0 saturated carbocycles. The first-order valence-electron chi connectivity index (χ1n) is 6.10. The van der Waals surface area contributed by atoms with Crippen molar-refractivity contribution in [3.63, 3.8) is 0 Å². The summed E-state index contributed by atoms with van der Waals surface area (Å²) in [5, 5.41) is 10.4. The Morgan fingerprint density at radius 2 is 1.67 bits per heavy atom. The van der Waals surface area contributed by atoms with E-state index in [0.29, 0.717) is 0 Å². The van der Waals surface area contributed by atoms with E-state index in [1.54, 1.807) is 0 Å². The van der Waals surface area contributed by atoms with Crippen molar-refractivity contribution in [1.29, 1.82) is 0 Å². The Morgan fingerprint density at radius 1 is 0.944 bits per heavy atom. The second-order valence-electron chi connectivity index (χ2n) is 4.88. The average Bonchev–Trinajstić information content (AvgIpc) is 2.32. The molecule has 0 saturated heterocycles. The minimum Gasteiger partial charge on any atom is -0.399 e. The van der Waals surface area contributed by atoms with Crippen LogP contribution in [0.1, 0.15) is 33.9 Å². The van der Waals surface area contributed by atoms with Gasteiger partial charge in [0.15, 0.2) is 0 Å². The number of aliphatic hydroxyl groups excluding tert-OH is 1. The van der Waals surface area contributed by atoms with Gasteiger partial charge in [-0.2, -0.15) is 0 Å². The van der Waals surface area contributed by atoms with Crippen molar-refractivity contribution in [2.24, 2.45) is 0 Å². The summed E-state index contributed by atoms with van der Waals surface area (Å²) in [5.41, 5.74) is 11.7. The molecule has 0 heterocycles. The first kappa shape index (κ1) is 12.7. The van der Waals surface area contributed by atoms with E-state index >= 15 is 0 Å². The summed E-state index contributed by atoms with van der Waals surface area (Å²) in [7, 11) is 0. The van der Waals surface area contributed by atoms with Crippen molar-refractivity contribution in [2.75, 3.05) is 5.73 Å². The van der Waals surface area contributed by atoms with Crippen LogP contribution in [0.15, 0.2) is 36.4 Å². The number of rotatable bonds is 2. The molecule has 0 aliphatic heterocycles. The molecule has 2 aromatic rings. The van der Waals surface area contributed by atoms with E-state index in [2.05, 4.69) is 13.0 Å². The molecule has 0 bridgehead atoms. The van der Waals surface area contributed by atoms with Crippen molar-refractivity contribution in [3.8, 4) is 0 Å². The van der Waals surface area contributed by atoms with Gasteiger partial charge in [0, 0.05) is 5.69 Å². The summed E-state index contributed by atoms with van der Waals surface area (Å²) in [5.74, 6) is 0. The van der Waals surface area contributed by atoms with E-state index in [4.69, 9.17) is 5.73 Å². The van der Waals surface area contributed by atoms with Crippen LogP contribution in [-0.4, -0.2) is 5.11 Å². The summed E-state index contributed by atoms with van der Waals surface area (Å²) in [6.07, 6.45) is -0.593. The fourth-order valence-corrected chi connectivity index (χ4v) is 2.18. The lowest BCUT2D eigenvalue weighted by Crippen LogP contribution is -2.03. The molecule has 2 nitrogen and oxygen atoms in total. The van der Waals surface area contributed by atoms with Crippen LogP contribution in [0.5, 0.6) is 0 Å².